The van der Waals surface area contributed by atoms with E-state index in [1.165, 1.54) is 12.8 Å². The summed E-state index contributed by atoms with van der Waals surface area (Å²) in [5.74, 6) is 0.790. The Kier molecular flexibility index (Phi) is 6.07. The molecule has 5 heteroatoms. The van der Waals surface area contributed by atoms with Gasteiger partial charge in [-0.1, -0.05) is 42.5 Å². The fourth-order valence-corrected chi connectivity index (χ4v) is 4.14. The first-order valence-corrected chi connectivity index (χ1v) is 11.1. The molecule has 1 N–H and O–H groups in total. The molecule has 0 spiro atoms. The van der Waals surface area contributed by atoms with Gasteiger partial charge in [0.15, 0.2) is 0 Å². The normalized spacial score (nSPS) is 18.2. The molecule has 2 aromatic carbocycles. The SMILES string of the molecule is CC(NC(=O)N(CC1CC1)C(C)c1ccccc1)c1cccc(N2CCCC2=O)c1. The largest absolute Gasteiger partial charge is 0.331 e. The Morgan fingerprint density at radius 2 is 1.83 bits per heavy atom. The van der Waals surface area contributed by atoms with E-state index in [-0.39, 0.29) is 24.0 Å². The number of hydrogen-bond donors (Lipinski definition) is 1. The molecule has 0 radical (unpaired) electrons. The number of benzene rings is 2. The molecule has 3 amide bonds. The molecule has 158 valence electrons. The Hall–Kier alpha value is -2.82. The first kappa shape index (κ1) is 20.5. The quantitative estimate of drug-likeness (QED) is 0.700. The van der Waals surface area contributed by atoms with Gasteiger partial charge in [0.1, 0.15) is 0 Å². The second kappa shape index (κ2) is 8.90. The zero-order valence-electron chi connectivity index (χ0n) is 17.9. The van der Waals surface area contributed by atoms with Crippen LogP contribution in [0.15, 0.2) is 54.6 Å². The van der Waals surface area contributed by atoms with Gasteiger partial charge in [0.05, 0.1) is 12.1 Å². The first-order chi connectivity index (χ1) is 14.5. The molecule has 2 aliphatic rings. The lowest BCUT2D eigenvalue weighted by Crippen LogP contribution is -2.43. The predicted octanol–water partition coefficient (Wildman–Crippen LogP) is 5.06. The van der Waals surface area contributed by atoms with Crippen LogP contribution in [0.25, 0.3) is 0 Å². The molecule has 1 aliphatic carbocycles. The number of nitrogens with one attached hydrogen (secondary N) is 1. The van der Waals surface area contributed by atoms with Crippen molar-refractivity contribution in [3.05, 3.63) is 65.7 Å². The fraction of sp³-hybridized carbons (Fsp3) is 0.440. The van der Waals surface area contributed by atoms with Gasteiger partial charge in [-0.2, -0.15) is 0 Å². The lowest BCUT2D eigenvalue weighted by atomic mass is 10.1. The summed E-state index contributed by atoms with van der Waals surface area (Å²) in [6, 6.07) is 18.0. The molecule has 30 heavy (non-hydrogen) atoms. The van der Waals surface area contributed by atoms with Crippen LogP contribution < -0.4 is 10.2 Å². The van der Waals surface area contributed by atoms with Crippen molar-refractivity contribution in [3.8, 4) is 0 Å². The van der Waals surface area contributed by atoms with Gasteiger partial charge in [-0.05, 0) is 62.3 Å². The number of carbonyl (C=O) groups is 2. The van der Waals surface area contributed by atoms with Crippen molar-refractivity contribution in [1.29, 1.82) is 0 Å². The molecular formula is C25H31N3O2. The zero-order valence-corrected chi connectivity index (χ0v) is 17.9. The Morgan fingerprint density at radius 1 is 1.10 bits per heavy atom. The monoisotopic (exact) mass is 405 g/mol. The second-order valence-electron chi connectivity index (χ2n) is 8.60. The third-order valence-corrected chi connectivity index (χ3v) is 6.26. The van der Waals surface area contributed by atoms with Crippen LogP contribution in [0, 0.1) is 5.92 Å². The summed E-state index contributed by atoms with van der Waals surface area (Å²) in [5, 5.41) is 3.19. The van der Waals surface area contributed by atoms with Crippen molar-refractivity contribution in [2.45, 2.75) is 51.6 Å². The second-order valence-corrected chi connectivity index (χ2v) is 8.60. The van der Waals surface area contributed by atoms with Gasteiger partial charge in [0.2, 0.25) is 5.91 Å². The maximum absolute atomic E-state index is 13.2. The number of hydrogen-bond acceptors (Lipinski definition) is 2. The van der Waals surface area contributed by atoms with E-state index in [0.29, 0.717) is 12.3 Å². The zero-order chi connectivity index (χ0) is 21.1. The van der Waals surface area contributed by atoms with E-state index in [4.69, 9.17) is 0 Å². The van der Waals surface area contributed by atoms with Gasteiger partial charge in [-0.3, -0.25) is 4.79 Å². The van der Waals surface area contributed by atoms with Crippen molar-refractivity contribution < 1.29 is 9.59 Å². The Morgan fingerprint density at radius 3 is 2.50 bits per heavy atom. The lowest BCUT2D eigenvalue weighted by Gasteiger charge is -2.31. The van der Waals surface area contributed by atoms with E-state index < -0.39 is 0 Å². The Labute approximate surface area is 179 Å². The van der Waals surface area contributed by atoms with Crippen LogP contribution >= 0.6 is 0 Å². The molecule has 1 heterocycles. The fourth-order valence-electron chi connectivity index (χ4n) is 4.14. The first-order valence-electron chi connectivity index (χ1n) is 11.1. The number of nitrogens with zero attached hydrogens (tertiary/aromatic N) is 2. The summed E-state index contributed by atoms with van der Waals surface area (Å²) in [5.41, 5.74) is 3.08. The van der Waals surface area contributed by atoms with E-state index >= 15 is 0 Å². The average Bonchev–Trinajstić information content (AvgIpc) is 3.49. The summed E-state index contributed by atoms with van der Waals surface area (Å²) in [4.78, 5) is 29.2. The maximum atomic E-state index is 13.2. The van der Waals surface area contributed by atoms with Crippen molar-refractivity contribution in [2.24, 2.45) is 5.92 Å². The van der Waals surface area contributed by atoms with E-state index in [1.54, 1.807) is 0 Å². The molecule has 5 nitrogen and oxygen atoms in total. The van der Waals surface area contributed by atoms with Crippen molar-refractivity contribution in [1.82, 2.24) is 10.2 Å². The molecule has 1 saturated carbocycles. The van der Waals surface area contributed by atoms with Crippen LogP contribution in [0.4, 0.5) is 10.5 Å². The highest BCUT2D eigenvalue weighted by Gasteiger charge is 2.31. The van der Waals surface area contributed by atoms with E-state index in [1.807, 2.05) is 59.2 Å². The molecule has 2 unspecified atom stereocenters. The van der Waals surface area contributed by atoms with E-state index in [0.717, 1.165) is 36.3 Å². The Balaban J connectivity index is 1.47. The van der Waals surface area contributed by atoms with Crippen LogP contribution in [0.3, 0.4) is 0 Å². The number of carbonyl (C=O) groups excluding carboxylic acids is 2. The van der Waals surface area contributed by atoms with Crippen LogP contribution in [-0.2, 0) is 4.79 Å². The van der Waals surface area contributed by atoms with Crippen LogP contribution in [-0.4, -0.2) is 29.9 Å². The Bertz CT molecular complexity index is 894. The summed E-state index contributed by atoms with van der Waals surface area (Å²) >= 11 is 0. The van der Waals surface area contributed by atoms with E-state index in [9.17, 15) is 9.59 Å². The van der Waals surface area contributed by atoms with E-state index in [2.05, 4.69) is 24.4 Å². The summed E-state index contributed by atoms with van der Waals surface area (Å²) in [6.07, 6.45) is 3.92. The molecule has 2 fully saturated rings. The highest BCUT2D eigenvalue weighted by Crippen LogP contribution is 2.33. The molecular weight excluding hydrogens is 374 g/mol. The summed E-state index contributed by atoms with van der Waals surface area (Å²) in [6.45, 7) is 5.66. The van der Waals surface area contributed by atoms with Gasteiger partial charge >= 0.3 is 6.03 Å². The lowest BCUT2D eigenvalue weighted by molar-refractivity contribution is -0.117. The van der Waals surface area contributed by atoms with Gasteiger partial charge in [0, 0.05) is 25.2 Å². The standard InChI is InChI=1S/C25H31N3O2/c1-18(22-10-6-11-23(16-22)27-15-7-12-24(27)29)26-25(30)28(17-20-13-14-20)19(2)21-8-4-3-5-9-21/h3-6,8-11,16,18-20H,7,12-15,17H2,1-2H3,(H,26,30). The van der Waals surface area contributed by atoms with Crippen molar-refractivity contribution in [2.75, 3.05) is 18.0 Å². The molecule has 1 aliphatic heterocycles. The molecule has 0 bridgehead atoms. The summed E-state index contributed by atoms with van der Waals surface area (Å²) < 4.78 is 0. The van der Waals surface area contributed by atoms with Crippen LogP contribution in [0.5, 0.6) is 0 Å². The topological polar surface area (TPSA) is 52.7 Å². The smallest absolute Gasteiger partial charge is 0.318 e. The molecule has 4 rings (SSSR count). The third-order valence-electron chi connectivity index (χ3n) is 6.26. The van der Waals surface area contributed by atoms with Crippen LogP contribution in [0.1, 0.15) is 62.7 Å². The van der Waals surface area contributed by atoms with Crippen LogP contribution in [0.2, 0.25) is 0 Å². The highest BCUT2D eigenvalue weighted by molar-refractivity contribution is 5.95. The molecule has 2 aromatic rings. The minimum Gasteiger partial charge on any atom is -0.331 e. The average molecular weight is 406 g/mol. The molecule has 0 aromatic heterocycles. The number of urea groups is 1. The number of amides is 3. The predicted molar refractivity (Wildman–Crippen MR) is 119 cm³/mol. The minimum atomic E-state index is -0.139. The number of anilines is 1. The molecule has 2 atom stereocenters. The third kappa shape index (κ3) is 4.66. The van der Waals surface area contributed by atoms with Crippen molar-refractivity contribution in [3.63, 3.8) is 0 Å². The highest BCUT2D eigenvalue weighted by atomic mass is 16.2. The van der Waals surface area contributed by atoms with Gasteiger partial charge in [0.25, 0.3) is 0 Å². The molecule has 1 saturated heterocycles. The minimum absolute atomic E-state index is 0.0209. The van der Waals surface area contributed by atoms with Gasteiger partial charge in [-0.15, -0.1) is 0 Å². The van der Waals surface area contributed by atoms with Gasteiger partial charge in [-0.25, -0.2) is 4.79 Å². The van der Waals surface area contributed by atoms with Gasteiger partial charge < -0.3 is 15.1 Å². The maximum Gasteiger partial charge on any atom is 0.318 e. The van der Waals surface area contributed by atoms with Crippen molar-refractivity contribution >= 4 is 17.6 Å². The summed E-state index contributed by atoms with van der Waals surface area (Å²) in [7, 11) is 0. The number of rotatable bonds is 7.